The molecule has 2 N–H and O–H groups in total. The van der Waals surface area contributed by atoms with Crippen LogP contribution in [-0.2, 0) is 11.3 Å². The van der Waals surface area contributed by atoms with Crippen molar-refractivity contribution in [2.45, 2.75) is 39.0 Å². The summed E-state index contributed by atoms with van der Waals surface area (Å²) in [6.45, 7) is 5.56. The van der Waals surface area contributed by atoms with Crippen molar-refractivity contribution in [2.75, 3.05) is 13.1 Å². The number of aromatic nitrogens is 1. The molecule has 1 aliphatic heterocycles. The number of hydrogen-bond donors (Lipinski definition) is 2. The maximum atomic E-state index is 12.3. The molecular weight excluding hydrogens is 242 g/mol. The summed E-state index contributed by atoms with van der Waals surface area (Å²) in [6, 6.07) is 5.56. The van der Waals surface area contributed by atoms with Crippen LogP contribution in [0.25, 0.3) is 0 Å². The lowest BCUT2D eigenvalue weighted by Crippen LogP contribution is -2.43. The number of carbonyl (C=O) groups excluding carboxylic acids is 1. The SMILES string of the molecule is CCN(Cc1cccc(C)n1)C(=O)C1CC(O)CN1. The highest BCUT2D eigenvalue weighted by atomic mass is 16.3. The lowest BCUT2D eigenvalue weighted by Gasteiger charge is -2.24. The van der Waals surface area contributed by atoms with E-state index in [4.69, 9.17) is 0 Å². The van der Waals surface area contributed by atoms with Gasteiger partial charge < -0.3 is 15.3 Å². The molecule has 1 amide bonds. The average Bonchev–Trinajstić information content (AvgIpc) is 2.82. The van der Waals surface area contributed by atoms with Crippen molar-refractivity contribution >= 4 is 5.91 Å². The first-order valence-corrected chi connectivity index (χ1v) is 6.73. The van der Waals surface area contributed by atoms with Crippen molar-refractivity contribution in [3.63, 3.8) is 0 Å². The summed E-state index contributed by atoms with van der Waals surface area (Å²) in [6.07, 6.45) is 0.0843. The van der Waals surface area contributed by atoms with Crippen molar-refractivity contribution in [3.8, 4) is 0 Å². The summed E-state index contributed by atoms with van der Waals surface area (Å²) in [5, 5.41) is 12.5. The third-order valence-electron chi connectivity index (χ3n) is 3.40. The smallest absolute Gasteiger partial charge is 0.240 e. The van der Waals surface area contributed by atoms with E-state index < -0.39 is 6.10 Å². The normalized spacial score (nSPS) is 22.5. The van der Waals surface area contributed by atoms with Crippen molar-refractivity contribution in [2.24, 2.45) is 0 Å². The number of nitrogens with one attached hydrogen (secondary N) is 1. The molecule has 2 rings (SSSR count). The quantitative estimate of drug-likeness (QED) is 0.828. The molecule has 0 saturated carbocycles. The van der Waals surface area contributed by atoms with E-state index in [2.05, 4.69) is 10.3 Å². The minimum absolute atomic E-state index is 0.0438. The molecule has 2 atom stereocenters. The molecule has 0 spiro atoms. The molecule has 1 aliphatic rings. The van der Waals surface area contributed by atoms with Gasteiger partial charge in [-0.05, 0) is 32.4 Å². The first-order chi connectivity index (χ1) is 9.10. The maximum Gasteiger partial charge on any atom is 0.240 e. The van der Waals surface area contributed by atoms with Crippen LogP contribution in [0.5, 0.6) is 0 Å². The third-order valence-corrected chi connectivity index (χ3v) is 3.40. The van der Waals surface area contributed by atoms with Gasteiger partial charge in [-0.3, -0.25) is 9.78 Å². The molecule has 0 aromatic carbocycles. The summed E-state index contributed by atoms with van der Waals surface area (Å²) >= 11 is 0. The van der Waals surface area contributed by atoms with Gasteiger partial charge in [-0.25, -0.2) is 0 Å². The highest BCUT2D eigenvalue weighted by Gasteiger charge is 2.30. The number of amides is 1. The second-order valence-electron chi connectivity index (χ2n) is 4.97. The predicted octanol–water partition coefficient (Wildman–Crippen LogP) is 0.461. The van der Waals surface area contributed by atoms with E-state index in [1.165, 1.54) is 0 Å². The van der Waals surface area contributed by atoms with Gasteiger partial charge in [0.1, 0.15) is 0 Å². The summed E-state index contributed by atoms with van der Waals surface area (Å²) in [4.78, 5) is 18.5. The van der Waals surface area contributed by atoms with E-state index in [9.17, 15) is 9.90 Å². The highest BCUT2D eigenvalue weighted by Crippen LogP contribution is 2.12. The van der Waals surface area contributed by atoms with Gasteiger partial charge in [0, 0.05) is 18.8 Å². The minimum Gasteiger partial charge on any atom is -0.392 e. The average molecular weight is 263 g/mol. The number of rotatable bonds is 4. The van der Waals surface area contributed by atoms with Crippen LogP contribution in [0.15, 0.2) is 18.2 Å². The Morgan fingerprint density at radius 3 is 2.95 bits per heavy atom. The Morgan fingerprint density at radius 2 is 2.37 bits per heavy atom. The molecule has 1 aromatic heterocycles. The lowest BCUT2D eigenvalue weighted by atomic mass is 10.1. The van der Waals surface area contributed by atoms with Crippen LogP contribution in [0.1, 0.15) is 24.7 Å². The molecule has 2 unspecified atom stereocenters. The highest BCUT2D eigenvalue weighted by molar-refractivity contribution is 5.82. The molecule has 19 heavy (non-hydrogen) atoms. The number of aryl methyl sites for hydroxylation is 1. The number of aliphatic hydroxyl groups excluding tert-OH is 1. The molecule has 5 heteroatoms. The van der Waals surface area contributed by atoms with Crippen molar-refractivity contribution < 1.29 is 9.90 Å². The topological polar surface area (TPSA) is 65.5 Å². The zero-order valence-corrected chi connectivity index (χ0v) is 11.5. The van der Waals surface area contributed by atoms with Gasteiger partial charge in [0.15, 0.2) is 0 Å². The summed E-state index contributed by atoms with van der Waals surface area (Å²) < 4.78 is 0. The van der Waals surface area contributed by atoms with Crippen LogP contribution >= 0.6 is 0 Å². The van der Waals surface area contributed by atoms with Crippen LogP contribution in [0.2, 0.25) is 0 Å². The van der Waals surface area contributed by atoms with E-state index in [-0.39, 0.29) is 11.9 Å². The van der Waals surface area contributed by atoms with E-state index in [0.29, 0.717) is 26.1 Å². The standard InChI is InChI=1S/C14H21N3O2/c1-3-17(9-11-6-4-5-10(2)16-11)14(19)13-7-12(18)8-15-13/h4-6,12-13,15,18H,3,7-9H2,1-2H3. The number of likely N-dealkylation sites (N-methyl/N-ethyl adjacent to an activating group) is 1. The minimum atomic E-state index is -0.412. The van der Waals surface area contributed by atoms with Crippen LogP contribution in [-0.4, -0.2) is 46.1 Å². The fourth-order valence-corrected chi connectivity index (χ4v) is 2.35. The van der Waals surface area contributed by atoms with Crippen LogP contribution < -0.4 is 5.32 Å². The van der Waals surface area contributed by atoms with Crippen LogP contribution in [0.3, 0.4) is 0 Å². The van der Waals surface area contributed by atoms with E-state index >= 15 is 0 Å². The van der Waals surface area contributed by atoms with E-state index in [1.54, 1.807) is 4.90 Å². The second-order valence-corrected chi connectivity index (χ2v) is 4.97. The van der Waals surface area contributed by atoms with E-state index in [1.807, 2.05) is 32.0 Å². The molecule has 5 nitrogen and oxygen atoms in total. The number of carbonyl (C=O) groups is 1. The van der Waals surface area contributed by atoms with E-state index in [0.717, 1.165) is 11.4 Å². The van der Waals surface area contributed by atoms with Gasteiger partial charge >= 0.3 is 0 Å². The predicted molar refractivity (Wildman–Crippen MR) is 72.5 cm³/mol. The van der Waals surface area contributed by atoms with Gasteiger partial charge in [0.25, 0.3) is 0 Å². The zero-order chi connectivity index (χ0) is 13.8. The molecule has 104 valence electrons. The number of hydrogen-bond acceptors (Lipinski definition) is 4. The van der Waals surface area contributed by atoms with Crippen molar-refractivity contribution in [1.29, 1.82) is 0 Å². The Morgan fingerprint density at radius 1 is 1.58 bits per heavy atom. The Bertz CT molecular complexity index is 450. The summed E-state index contributed by atoms with van der Waals surface area (Å²) in [7, 11) is 0. The summed E-state index contributed by atoms with van der Waals surface area (Å²) in [5.41, 5.74) is 1.85. The zero-order valence-electron chi connectivity index (χ0n) is 11.5. The van der Waals surface area contributed by atoms with Gasteiger partial charge in [-0.2, -0.15) is 0 Å². The fraction of sp³-hybridized carbons (Fsp3) is 0.571. The maximum absolute atomic E-state index is 12.3. The van der Waals surface area contributed by atoms with Crippen LogP contribution in [0.4, 0.5) is 0 Å². The molecule has 2 heterocycles. The molecule has 0 bridgehead atoms. The van der Waals surface area contributed by atoms with Crippen molar-refractivity contribution in [1.82, 2.24) is 15.2 Å². The number of nitrogens with zero attached hydrogens (tertiary/aromatic N) is 2. The van der Waals surface area contributed by atoms with Crippen LogP contribution in [0, 0.1) is 6.92 Å². The Kier molecular flexibility index (Phi) is 4.50. The molecule has 1 aromatic rings. The second kappa shape index (κ2) is 6.12. The van der Waals surface area contributed by atoms with Gasteiger partial charge in [-0.1, -0.05) is 6.07 Å². The molecular formula is C14H21N3O2. The fourth-order valence-electron chi connectivity index (χ4n) is 2.35. The first kappa shape index (κ1) is 14.0. The van der Waals surface area contributed by atoms with Crippen molar-refractivity contribution in [3.05, 3.63) is 29.6 Å². The number of pyridine rings is 1. The van der Waals surface area contributed by atoms with Gasteiger partial charge in [0.2, 0.25) is 5.91 Å². The molecule has 1 fully saturated rings. The Hall–Kier alpha value is -1.46. The first-order valence-electron chi connectivity index (χ1n) is 6.73. The Balaban J connectivity index is 2.01. The largest absolute Gasteiger partial charge is 0.392 e. The molecule has 0 radical (unpaired) electrons. The van der Waals surface area contributed by atoms with Gasteiger partial charge in [0.05, 0.1) is 24.4 Å². The number of β-amino-alcohol motifs (C(OH)–C–C–N with tert-alkyl or cyclic N) is 1. The Labute approximate surface area is 113 Å². The lowest BCUT2D eigenvalue weighted by molar-refractivity contribution is -0.133. The third kappa shape index (κ3) is 3.52. The van der Waals surface area contributed by atoms with Gasteiger partial charge in [-0.15, -0.1) is 0 Å². The number of aliphatic hydroxyl groups is 1. The molecule has 1 saturated heterocycles. The monoisotopic (exact) mass is 263 g/mol. The molecule has 0 aliphatic carbocycles. The summed E-state index contributed by atoms with van der Waals surface area (Å²) in [5.74, 6) is 0.0438.